The molecule has 0 aliphatic carbocycles. The van der Waals surface area contributed by atoms with Crippen LogP contribution in [0.2, 0.25) is 5.02 Å². The molecule has 1 N–H and O–H groups in total. The van der Waals surface area contributed by atoms with E-state index in [-0.39, 0.29) is 11.7 Å². The fourth-order valence-corrected chi connectivity index (χ4v) is 4.44. The van der Waals surface area contributed by atoms with Crippen LogP contribution < -0.4 is 14.8 Å². The summed E-state index contributed by atoms with van der Waals surface area (Å²) in [5, 5.41) is 17.1. The predicted molar refractivity (Wildman–Crippen MR) is 131 cm³/mol. The molecule has 0 saturated heterocycles. The normalized spacial score (nSPS) is 11.1. The Labute approximate surface area is 203 Å². The summed E-state index contributed by atoms with van der Waals surface area (Å²) >= 11 is 7.41. The smallest absolute Gasteiger partial charge is 0.234 e. The second-order valence-electron chi connectivity index (χ2n) is 7.25. The highest BCUT2D eigenvalue weighted by Gasteiger charge is 2.14. The van der Waals surface area contributed by atoms with Gasteiger partial charge in [0, 0.05) is 23.6 Å². The number of benzene rings is 2. The molecule has 0 spiro atoms. The van der Waals surface area contributed by atoms with Crippen molar-refractivity contribution in [2.75, 3.05) is 25.3 Å². The average molecular weight is 495 g/mol. The quantitative estimate of drug-likeness (QED) is 0.334. The number of carbonyl (C=O) groups excluding carboxylic acids is 1. The molecule has 0 atom stereocenters. The van der Waals surface area contributed by atoms with Crippen molar-refractivity contribution < 1.29 is 14.3 Å². The first-order chi connectivity index (χ1) is 16.6. The number of nitrogens with zero attached hydrogens (tertiary/aromatic N) is 5. The summed E-state index contributed by atoms with van der Waals surface area (Å²) in [6.45, 7) is 0. The Hall–Kier alpha value is -3.76. The van der Waals surface area contributed by atoms with E-state index in [1.54, 1.807) is 29.8 Å². The Balaban J connectivity index is 1.33. The van der Waals surface area contributed by atoms with Crippen LogP contribution in [0.1, 0.15) is 0 Å². The van der Waals surface area contributed by atoms with Crippen molar-refractivity contribution in [3.8, 4) is 22.8 Å². The number of carbonyl (C=O) groups is 1. The number of anilines is 1. The fourth-order valence-electron chi connectivity index (χ4n) is 3.46. The van der Waals surface area contributed by atoms with Gasteiger partial charge in [0.25, 0.3) is 0 Å². The van der Waals surface area contributed by atoms with E-state index in [1.165, 1.54) is 18.9 Å². The van der Waals surface area contributed by atoms with E-state index >= 15 is 0 Å². The van der Waals surface area contributed by atoms with Gasteiger partial charge in [0.1, 0.15) is 17.0 Å². The minimum absolute atomic E-state index is 0.159. The summed E-state index contributed by atoms with van der Waals surface area (Å²) in [5.41, 5.74) is 3.83. The summed E-state index contributed by atoms with van der Waals surface area (Å²) in [5.74, 6) is 1.31. The van der Waals surface area contributed by atoms with Gasteiger partial charge < -0.3 is 14.8 Å². The second-order valence-corrected chi connectivity index (χ2v) is 8.60. The molecule has 34 heavy (non-hydrogen) atoms. The summed E-state index contributed by atoms with van der Waals surface area (Å²) < 4.78 is 14.0. The van der Waals surface area contributed by atoms with E-state index in [0.717, 1.165) is 22.5 Å². The zero-order valence-electron chi connectivity index (χ0n) is 18.2. The molecule has 5 rings (SSSR count). The highest BCUT2D eigenvalue weighted by Crippen LogP contribution is 2.28. The van der Waals surface area contributed by atoms with Gasteiger partial charge in [-0.3, -0.25) is 9.20 Å². The Bertz CT molecular complexity index is 1500. The number of thioether (sulfide) groups is 1. The first-order valence-electron chi connectivity index (χ1n) is 10.2. The van der Waals surface area contributed by atoms with Crippen molar-refractivity contribution in [3.63, 3.8) is 0 Å². The van der Waals surface area contributed by atoms with Gasteiger partial charge in [-0.15, -0.1) is 10.2 Å². The number of nitrogens with one attached hydrogen (secondary N) is 1. The topological polar surface area (TPSA) is 95.0 Å². The maximum absolute atomic E-state index is 12.4. The van der Waals surface area contributed by atoms with E-state index in [1.807, 2.05) is 47.1 Å². The lowest BCUT2D eigenvalue weighted by atomic mass is 10.1. The monoisotopic (exact) mass is 494 g/mol. The first kappa shape index (κ1) is 22.1. The summed E-state index contributed by atoms with van der Waals surface area (Å²) in [4.78, 5) is 12.4. The van der Waals surface area contributed by atoms with Gasteiger partial charge in [-0.05, 0) is 48.5 Å². The molecule has 11 heteroatoms. The van der Waals surface area contributed by atoms with Gasteiger partial charge in [0.05, 0.1) is 30.7 Å². The third-order valence-electron chi connectivity index (χ3n) is 5.14. The van der Waals surface area contributed by atoms with Gasteiger partial charge in [0.15, 0.2) is 10.8 Å². The van der Waals surface area contributed by atoms with Crippen LogP contribution >= 0.6 is 23.4 Å². The Morgan fingerprint density at radius 1 is 1.06 bits per heavy atom. The largest absolute Gasteiger partial charge is 0.497 e. The van der Waals surface area contributed by atoms with Crippen molar-refractivity contribution in [1.82, 2.24) is 24.2 Å². The lowest BCUT2D eigenvalue weighted by Gasteiger charge is -2.07. The number of aromatic nitrogens is 5. The number of ether oxygens (including phenoxy) is 2. The number of halogens is 1. The first-order valence-corrected chi connectivity index (χ1v) is 11.6. The van der Waals surface area contributed by atoms with E-state index < -0.39 is 0 Å². The van der Waals surface area contributed by atoms with Gasteiger partial charge in [0.2, 0.25) is 5.91 Å². The average Bonchev–Trinajstić information content (AvgIpc) is 3.47. The number of methoxy groups -OCH3 is 2. The van der Waals surface area contributed by atoms with E-state index in [9.17, 15) is 4.79 Å². The summed E-state index contributed by atoms with van der Waals surface area (Å²) in [6.07, 6.45) is 3.67. The van der Waals surface area contributed by atoms with Crippen LogP contribution in [0.5, 0.6) is 11.5 Å². The Kier molecular flexibility index (Phi) is 5.99. The molecule has 0 fully saturated rings. The molecule has 0 aliphatic rings. The summed E-state index contributed by atoms with van der Waals surface area (Å²) in [7, 11) is 3.17. The van der Waals surface area contributed by atoms with Gasteiger partial charge in [-0.2, -0.15) is 5.10 Å². The zero-order chi connectivity index (χ0) is 23.7. The molecule has 0 aliphatic heterocycles. The Morgan fingerprint density at radius 2 is 1.88 bits per heavy atom. The molecule has 0 bridgehead atoms. The van der Waals surface area contributed by atoms with Crippen LogP contribution in [0.25, 0.3) is 22.4 Å². The Morgan fingerprint density at radius 3 is 2.62 bits per heavy atom. The second kappa shape index (κ2) is 9.24. The van der Waals surface area contributed by atoms with Crippen LogP contribution in [-0.2, 0) is 4.79 Å². The maximum atomic E-state index is 12.4. The molecule has 0 saturated carbocycles. The summed E-state index contributed by atoms with van der Waals surface area (Å²) in [6, 6.07) is 14.7. The third kappa shape index (κ3) is 4.25. The van der Waals surface area contributed by atoms with Crippen molar-refractivity contribution in [2.45, 2.75) is 5.16 Å². The van der Waals surface area contributed by atoms with Crippen LogP contribution in [0.4, 0.5) is 5.69 Å². The van der Waals surface area contributed by atoms with Crippen molar-refractivity contribution in [1.29, 1.82) is 0 Å². The minimum atomic E-state index is -0.185. The molecule has 3 aromatic heterocycles. The number of fused-ring (bicyclic) bond motifs is 3. The molecule has 0 unspecified atom stereocenters. The van der Waals surface area contributed by atoms with Crippen LogP contribution in [0.15, 0.2) is 66.1 Å². The van der Waals surface area contributed by atoms with E-state index in [2.05, 4.69) is 20.6 Å². The highest BCUT2D eigenvalue weighted by atomic mass is 35.5. The lowest BCUT2D eigenvalue weighted by Crippen LogP contribution is -2.14. The number of amides is 1. The molecule has 3 heterocycles. The van der Waals surface area contributed by atoms with Gasteiger partial charge in [-0.1, -0.05) is 23.4 Å². The maximum Gasteiger partial charge on any atom is 0.234 e. The third-order valence-corrected chi connectivity index (χ3v) is 6.38. The molecule has 0 radical (unpaired) electrons. The molecular weight excluding hydrogens is 476 g/mol. The highest BCUT2D eigenvalue weighted by molar-refractivity contribution is 7.99. The lowest BCUT2D eigenvalue weighted by molar-refractivity contribution is -0.113. The number of hydrogen-bond acceptors (Lipinski definition) is 7. The van der Waals surface area contributed by atoms with E-state index in [0.29, 0.717) is 27.3 Å². The molecule has 1 amide bonds. The van der Waals surface area contributed by atoms with Crippen molar-refractivity contribution >= 4 is 46.1 Å². The molecule has 9 nitrogen and oxygen atoms in total. The number of rotatable bonds is 7. The van der Waals surface area contributed by atoms with Crippen LogP contribution in [0, 0.1) is 0 Å². The van der Waals surface area contributed by atoms with Gasteiger partial charge >= 0.3 is 0 Å². The zero-order valence-corrected chi connectivity index (χ0v) is 19.8. The SMILES string of the molecule is COc1ccc(-c2cc3c4nnc(SCC(=O)Nc5ccc(OC)c(Cl)c5)n4ccn3n2)cc1. The predicted octanol–water partition coefficient (Wildman–Crippen LogP) is 4.45. The molecule has 172 valence electrons. The number of hydrogen-bond donors (Lipinski definition) is 1. The van der Waals surface area contributed by atoms with Crippen molar-refractivity contribution in [3.05, 3.63) is 65.9 Å². The van der Waals surface area contributed by atoms with Crippen molar-refractivity contribution in [2.24, 2.45) is 0 Å². The standard InChI is InChI=1S/C23H19ClN6O3S/c1-32-16-6-3-14(4-7-16)18-12-19-22-26-27-23(29(22)9-10-30(19)28-18)34-13-21(31)25-15-5-8-20(33-2)17(24)11-15/h3-12H,13H2,1-2H3,(H,25,31). The van der Waals surface area contributed by atoms with Crippen LogP contribution in [-0.4, -0.2) is 50.1 Å². The fraction of sp³-hybridized carbons (Fsp3) is 0.130. The van der Waals surface area contributed by atoms with Gasteiger partial charge in [-0.25, -0.2) is 4.52 Å². The van der Waals surface area contributed by atoms with Crippen LogP contribution in [0.3, 0.4) is 0 Å². The molecule has 5 aromatic rings. The molecule has 2 aromatic carbocycles. The minimum Gasteiger partial charge on any atom is -0.497 e. The van der Waals surface area contributed by atoms with E-state index in [4.69, 9.17) is 21.1 Å². The molecular formula is C23H19ClN6O3S.